The van der Waals surface area contributed by atoms with E-state index in [9.17, 15) is 4.79 Å². The van der Waals surface area contributed by atoms with Gasteiger partial charge >= 0.3 is 5.97 Å². The molecule has 0 bridgehead atoms. The number of ether oxygens (including phenoxy) is 3. The minimum absolute atomic E-state index is 0.233. The zero-order valence-electron chi connectivity index (χ0n) is 14.1. The number of fused-ring (bicyclic) bond motifs is 1. The number of carbonyl (C=O) groups excluding carboxylic acids is 1. The second kappa shape index (κ2) is 7.93. The van der Waals surface area contributed by atoms with Crippen LogP contribution in [0.4, 0.5) is 5.69 Å². The molecule has 2 heterocycles. The number of thiazole rings is 1. The van der Waals surface area contributed by atoms with Crippen molar-refractivity contribution in [3.05, 3.63) is 33.2 Å². The number of halogens is 1. The van der Waals surface area contributed by atoms with E-state index in [0.29, 0.717) is 17.4 Å². The van der Waals surface area contributed by atoms with Gasteiger partial charge in [-0.1, -0.05) is 11.6 Å². The van der Waals surface area contributed by atoms with Gasteiger partial charge in [-0.15, -0.1) is 11.3 Å². The topological polar surface area (TPSA) is 60.9 Å². The summed E-state index contributed by atoms with van der Waals surface area (Å²) in [5.41, 5.74) is 1.02. The Morgan fingerprint density at radius 3 is 3.00 bits per heavy atom. The molecule has 0 aliphatic carbocycles. The second-order valence-electron chi connectivity index (χ2n) is 5.47. The summed E-state index contributed by atoms with van der Waals surface area (Å²) in [5.74, 6) is 0.214. The average molecular weight is 383 g/mol. The highest BCUT2D eigenvalue weighted by Gasteiger charge is 2.30. The summed E-state index contributed by atoms with van der Waals surface area (Å²) in [5, 5.41) is 3.46. The molecule has 0 radical (unpaired) electrons. The predicted molar refractivity (Wildman–Crippen MR) is 97.5 cm³/mol. The highest BCUT2D eigenvalue weighted by molar-refractivity contribution is 7.09. The summed E-state index contributed by atoms with van der Waals surface area (Å²) in [7, 11) is 2.79. The molecule has 0 amide bonds. The Hall–Kier alpha value is -1.99. The maximum Gasteiger partial charge on any atom is 0.345 e. The Balaban J connectivity index is 1.87. The van der Waals surface area contributed by atoms with Gasteiger partial charge in [0.2, 0.25) is 0 Å². The molecule has 1 aromatic heterocycles. The summed E-state index contributed by atoms with van der Waals surface area (Å²) in [6, 6.07) is 1.78. The number of anilines is 1. The lowest BCUT2D eigenvalue weighted by Gasteiger charge is -2.33. The molecule has 0 saturated carbocycles. The van der Waals surface area contributed by atoms with E-state index in [0.717, 1.165) is 36.6 Å². The SMILES string of the molecule is COC(=O)c1c(OC)c(Cl)cc2c1OCCN2CCCc1nccs1. The van der Waals surface area contributed by atoms with Crippen LogP contribution < -0.4 is 14.4 Å². The zero-order valence-corrected chi connectivity index (χ0v) is 15.7. The third-order valence-electron chi connectivity index (χ3n) is 4.01. The second-order valence-corrected chi connectivity index (χ2v) is 6.86. The van der Waals surface area contributed by atoms with Crippen LogP contribution in [0, 0.1) is 0 Å². The number of hydrogen-bond acceptors (Lipinski definition) is 7. The lowest BCUT2D eigenvalue weighted by Crippen LogP contribution is -2.34. The number of methoxy groups -OCH3 is 2. The first-order valence-corrected chi connectivity index (χ1v) is 9.16. The molecule has 0 unspecified atom stereocenters. The van der Waals surface area contributed by atoms with Crippen LogP contribution in [-0.2, 0) is 11.2 Å². The highest BCUT2D eigenvalue weighted by Crippen LogP contribution is 2.45. The van der Waals surface area contributed by atoms with E-state index in [1.165, 1.54) is 14.2 Å². The van der Waals surface area contributed by atoms with Gasteiger partial charge in [-0.3, -0.25) is 0 Å². The van der Waals surface area contributed by atoms with Crippen LogP contribution in [0.15, 0.2) is 17.6 Å². The lowest BCUT2D eigenvalue weighted by atomic mass is 10.1. The van der Waals surface area contributed by atoms with Crippen molar-refractivity contribution >= 4 is 34.6 Å². The van der Waals surface area contributed by atoms with Gasteiger partial charge in [0.15, 0.2) is 11.5 Å². The number of aromatic nitrogens is 1. The molecular weight excluding hydrogens is 364 g/mol. The fourth-order valence-electron chi connectivity index (χ4n) is 2.88. The van der Waals surface area contributed by atoms with Crippen molar-refractivity contribution in [2.24, 2.45) is 0 Å². The van der Waals surface area contributed by atoms with Gasteiger partial charge in [0.25, 0.3) is 0 Å². The first-order chi connectivity index (χ1) is 12.2. The Morgan fingerprint density at radius 1 is 1.48 bits per heavy atom. The molecule has 0 spiro atoms. The van der Waals surface area contributed by atoms with Gasteiger partial charge in [0.05, 0.1) is 36.5 Å². The summed E-state index contributed by atoms with van der Waals surface area (Å²) < 4.78 is 15.9. The van der Waals surface area contributed by atoms with Crippen molar-refractivity contribution in [1.29, 1.82) is 0 Å². The standard InChI is InChI=1S/C17H19ClN2O4S/c1-22-15-11(18)10-12-16(14(15)17(21)23-2)24-8-7-20(12)6-3-4-13-19-5-9-25-13/h5,9-10H,3-4,6-8H2,1-2H3. The molecule has 1 aliphatic heterocycles. The van der Waals surface area contributed by atoms with Crippen molar-refractivity contribution in [2.45, 2.75) is 12.8 Å². The van der Waals surface area contributed by atoms with Crippen LogP contribution >= 0.6 is 22.9 Å². The summed E-state index contributed by atoms with van der Waals surface area (Å²) in [4.78, 5) is 18.7. The third-order valence-corrected chi connectivity index (χ3v) is 5.13. The van der Waals surface area contributed by atoms with E-state index < -0.39 is 5.97 Å². The van der Waals surface area contributed by atoms with Gasteiger partial charge in [-0.25, -0.2) is 9.78 Å². The third kappa shape index (κ3) is 3.67. The molecule has 1 aromatic carbocycles. The van der Waals surface area contributed by atoms with Crippen LogP contribution in [0.2, 0.25) is 5.02 Å². The van der Waals surface area contributed by atoms with Crippen LogP contribution in [0.1, 0.15) is 21.8 Å². The quantitative estimate of drug-likeness (QED) is 0.713. The number of benzene rings is 1. The van der Waals surface area contributed by atoms with E-state index >= 15 is 0 Å². The summed E-state index contributed by atoms with van der Waals surface area (Å²) in [6.45, 7) is 2.03. The molecule has 0 fully saturated rings. The van der Waals surface area contributed by atoms with E-state index in [2.05, 4.69) is 9.88 Å². The Labute approximate surface area is 155 Å². The molecular formula is C17H19ClN2O4S. The predicted octanol–water partition coefficient (Wildman–Crippen LogP) is 3.42. The van der Waals surface area contributed by atoms with Gasteiger partial charge in [0, 0.05) is 24.5 Å². The highest BCUT2D eigenvalue weighted by atomic mass is 35.5. The van der Waals surface area contributed by atoms with E-state index in [4.69, 9.17) is 25.8 Å². The average Bonchev–Trinajstić information content (AvgIpc) is 3.13. The van der Waals surface area contributed by atoms with Crippen molar-refractivity contribution in [1.82, 2.24) is 4.98 Å². The fourth-order valence-corrected chi connectivity index (χ4v) is 3.82. The zero-order chi connectivity index (χ0) is 17.8. The van der Waals surface area contributed by atoms with Gasteiger partial charge in [-0.05, 0) is 12.5 Å². The molecule has 6 nitrogen and oxygen atoms in total. The van der Waals surface area contributed by atoms with Crippen molar-refractivity contribution in [3.8, 4) is 11.5 Å². The molecule has 0 atom stereocenters. The van der Waals surface area contributed by atoms with Crippen LogP contribution in [0.3, 0.4) is 0 Å². The van der Waals surface area contributed by atoms with E-state index in [1.807, 2.05) is 11.6 Å². The smallest absolute Gasteiger partial charge is 0.345 e. The molecule has 2 aromatic rings. The Kier molecular flexibility index (Phi) is 5.65. The molecule has 0 saturated heterocycles. The van der Waals surface area contributed by atoms with Gasteiger partial charge < -0.3 is 19.1 Å². The fraction of sp³-hybridized carbons (Fsp3) is 0.412. The molecule has 8 heteroatoms. The maximum absolute atomic E-state index is 12.2. The van der Waals surface area contributed by atoms with Crippen LogP contribution in [0.25, 0.3) is 0 Å². The minimum atomic E-state index is -0.528. The van der Waals surface area contributed by atoms with Crippen molar-refractivity contribution < 1.29 is 19.0 Å². The first kappa shape index (κ1) is 17.8. The van der Waals surface area contributed by atoms with E-state index in [-0.39, 0.29) is 11.3 Å². The number of rotatable bonds is 6. The summed E-state index contributed by atoms with van der Waals surface area (Å²) >= 11 is 7.98. The van der Waals surface area contributed by atoms with Gasteiger partial charge in [-0.2, -0.15) is 0 Å². The number of hydrogen-bond donors (Lipinski definition) is 0. The molecule has 0 N–H and O–H groups in total. The number of aryl methyl sites for hydroxylation is 1. The van der Waals surface area contributed by atoms with Gasteiger partial charge in [0.1, 0.15) is 12.2 Å². The van der Waals surface area contributed by atoms with E-state index in [1.54, 1.807) is 17.4 Å². The molecule has 1 aliphatic rings. The number of esters is 1. The molecule has 134 valence electrons. The lowest BCUT2D eigenvalue weighted by molar-refractivity contribution is 0.0591. The maximum atomic E-state index is 12.2. The molecule has 3 rings (SSSR count). The first-order valence-electron chi connectivity index (χ1n) is 7.90. The normalized spacial score (nSPS) is 13.2. The number of carbonyl (C=O) groups is 1. The van der Waals surface area contributed by atoms with Crippen molar-refractivity contribution in [3.63, 3.8) is 0 Å². The number of nitrogens with zero attached hydrogens (tertiary/aromatic N) is 2. The van der Waals surface area contributed by atoms with Crippen molar-refractivity contribution in [2.75, 3.05) is 38.8 Å². The largest absolute Gasteiger partial charge is 0.494 e. The Bertz CT molecular complexity index is 752. The minimum Gasteiger partial charge on any atom is -0.494 e. The Morgan fingerprint density at radius 2 is 2.32 bits per heavy atom. The van der Waals surface area contributed by atoms with Crippen LogP contribution in [-0.4, -0.2) is 44.9 Å². The monoisotopic (exact) mass is 382 g/mol. The van der Waals surface area contributed by atoms with Crippen LogP contribution in [0.5, 0.6) is 11.5 Å². The summed E-state index contributed by atoms with van der Waals surface area (Å²) in [6.07, 6.45) is 3.68. The molecule has 25 heavy (non-hydrogen) atoms.